The average molecular weight is 291 g/mol. The molecule has 0 saturated heterocycles. The lowest BCUT2D eigenvalue weighted by molar-refractivity contribution is -0.385. The van der Waals surface area contributed by atoms with Crippen molar-refractivity contribution in [2.45, 2.75) is 6.92 Å². The highest BCUT2D eigenvalue weighted by Crippen LogP contribution is 2.32. The first-order valence-corrected chi connectivity index (χ1v) is 6.12. The maximum Gasteiger partial charge on any atom is 0.341 e. The number of carbonyl (C=O) groups is 1. The first kappa shape index (κ1) is 14.5. The van der Waals surface area contributed by atoms with Crippen molar-refractivity contribution in [3.63, 3.8) is 0 Å². The summed E-state index contributed by atoms with van der Waals surface area (Å²) in [5.74, 6) is -0.417. The van der Waals surface area contributed by atoms with Crippen LogP contribution in [0.1, 0.15) is 17.3 Å². The molecule has 0 aliphatic rings. The number of para-hydroxylation sites is 1. The number of nitrogens with zero attached hydrogens (tertiary/aromatic N) is 3. The van der Waals surface area contributed by atoms with Gasteiger partial charge in [0.2, 0.25) is 0 Å². The van der Waals surface area contributed by atoms with Gasteiger partial charge >= 0.3 is 11.7 Å². The molecule has 0 N–H and O–H groups in total. The van der Waals surface area contributed by atoms with Gasteiger partial charge in [0, 0.05) is 6.20 Å². The summed E-state index contributed by atoms with van der Waals surface area (Å²) in [7, 11) is 1.35. The fourth-order valence-corrected chi connectivity index (χ4v) is 1.82. The Balaban J connectivity index is 2.48. The number of aromatic nitrogens is 2. The van der Waals surface area contributed by atoms with Crippen LogP contribution in [-0.2, 0) is 4.74 Å². The number of carbonyl (C=O) groups excluding carboxylic acids is 1. The van der Waals surface area contributed by atoms with Crippen molar-refractivity contribution >= 4 is 11.7 Å². The van der Waals surface area contributed by atoms with E-state index in [1.165, 1.54) is 36.3 Å². The van der Waals surface area contributed by atoms with E-state index in [0.29, 0.717) is 0 Å². The number of esters is 1. The Bertz CT molecular complexity index is 680. The smallest absolute Gasteiger partial charge is 0.341 e. The minimum Gasteiger partial charge on any atom is -0.490 e. The molecule has 8 nitrogen and oxygen atoms in total. The maximum atomic E-state index is 11.6. The highest BCUT2D eigenvalue weighted by Gasteiger charge is 2.23. The van der Waals surface area contributed by atoms with Gasteiger partial charge in [0.15, 0.2) is 5.75 Å². The molecule has 0 fully saturated rings. The van der Waals surface area contributed by atoms with E-state index in [9.17, 15) is 14.9 Å². The molecule has 0 unspecified atom stereocenters. The van der Waals surface area contributed by atoms with E-state index < -0.39 is 10.9 Å². The highest BCUT2D eigenvalue weighted by atomic mass is 16.6. The van der Waals surface area contributed by atoms with Gasteiger partial charge in [-0.2, -0.15) is 5.10 Å². The van der Waals surface area contributed by atoms with Crippen LogP contribution in [-0.4, -0.2) is 34.4 Å². The first-order chi connectivity index (χ1) is 10.1. The van der Waals surface area contributed by atoms with Crippen LogP contribution in [0.15, 0.2) is 30.6 Å². The van der Waals surface area contributed by atoms with Crippen LogP contribution in [0.2, 0.25) is 0 Å². The fourth-order valence-electron chi connectivity index (χ4n) is 1.82. The molecule has 2 aromatic rings. The molecule has 1 aromatic heterocycles. The van der Waals surface area contributed by atoms with Crippen molar-refractivity contribution in [1.82, 2.24) is 9.78 Å². The van der Waals surface area contributed by atoms with E-state index in [0.717, 1.165) is 0 Å². The molecule has 0 aliphatic heterocycles. The van der Waals surface area contributed by atoms with Crippen LogP contribution in [0.25, 0.3) is 5.69 Å². The van der Waals surface area contributed by atoms with E-state index in [1.54, 1.807) is 13.0 Å². The zero-order valence-electron chi connectivity index (χ0n) is 11.5. The summed E-state index contributed by atoms with van der Waals surface area (Å²) >= 11 is 0. The topological polar surface area (TPSA) is 96.5 Å². The van der Waals surface area contributed by atoms with Crippen molar-refractivity contribution in [2.75, 3.05) is 13.7 Å². The van der Waals surface area contributed by atoms with Crippen molar-refractivity contribution < 1.29 is 19.2 Å². The third-order valence-electron chi connectivity index (χ3n) is 2.72. The minimum atomic E-state index is -0.556. The molecule has 1 heterocycles. The van der Waals surface area contributed by atoms with E-state index in [1.807, 2.05) is 0 Å². The monoisotopic (exact) mass is 291 g/mol. The van der Waals surface area contributed by atoms with Crippen LogP contribution in [0.4, 0.5) is 5.69 Å². The molecule has 8 heteroatoms. The van der Waals surface area contributed by atoms with Crippen LogP contribution in [0.3, 0.4) is 0 Å². The zero-order valence-corrected chi connectivity index (χ0v) is 11.5. The van der Waals surface area contributed by atoms with Crippen molar-refractivity contribution in [3.8, 4) is 11.4 Å². The van der Waals surface area contributed by atoms with E-state index in [2.05, 4.69) is 5.10 Å². The Morgan fingerprint density at radius 3 is 2.86 bits per heavy atom. The lowest BCUT2D eigenvalue weighted by Crippen LogP contribution is -2.04. The Labute approximate surface area is 120 Å². The average Bonchev–Trinajstić information content (AvgIpc) is 2.96. The summed E-state index contributed by atoms with van der Waals surface area (Å²) in [5, 5.41) is 15.2. The minimum absolute atomic E-state index is 0.116. The Morgan fingerprint density at radius 1 is 1.48 bits per heavy atom. The van der Waals surface area contributed by atoms with Crippen LogP contribution < -0.4 is 4.74 Å². The molecule has 110 valence electrons. The molecule has 0 spiro atoms. The number of nitro benzene ring substituents is 1. The van der Waals surface area contributed by atoms with Gasteiger partial charge in [-0.05, 0) is 19.1 Å². The molecule has 0 atom stereocenters. The number of hydrogen-bond donors (Lipinski definition) is 0. The molecular formula is C13H13N3O5. The molecule has 0 amide bonds. The molecule has 0 radical (unpaired) electrons. The summed E-state index contributed by atoms with van der Waals surface area (Å²) in [6.45, 7) is 1.93. The highest BCUT2D eigenvalue weighted by molar-refractivity contribution is 5.88. The third kappa shape index (κ3) is 2.83. The van der Waals surface area contributed by atoms with Gasteiger partial charge in [-0.3, -0.25) is 10.1 Å². The third-order valence-corrected chi connectivity index (χ3v) is 2.72. The van der Waals surface area contributed by atoms with Crippen LogP contribution in [0, 0.1) is 10.1 Å². The quantitative estimate of drug-likeness (QED) is 0.474. The molecule has 1 aromatic carbocycles. The Morgan fingerprint density at radius 2 is 2.24 bits per heavy atom. The van der Waals surface area contributed by atoms with Crippen molar-refractivity contribution in [2.24, 2.45) is 0 Å². The number of methoxy groups -OCH3 is 1. The van der Waals surface area contributed by atoms with E-state index >= 15 is 0 Å². The Hall–Kier alpha value is -2.90. The molecule has 0 bridgehead atoms. The predicted octanol–water partition coefficient (Wildman–Crippen LogP) is 1.97. The summed E-state index contributed by atoms with van der Waals surface area (Å²) in [6.07, 6.45) is 2.67. The van der Waals surface area contributed by atoms with E-state index in [-0.39, 0.29) is 29.3 Å². The van der Waals surface area contributed by atoms with Gasteiger partial charge in [-0.25, -0.2) is 9.48 Å². The number of rotatable bonds is 5. The van der Waals surface area contributed by atoms with Crippen LogP contribution >= 0.6 is 0 Å². The molecular weight excluding hydrogens is 278 g/mol. The SMILES string of the molecule is CCOC(=O)c1cnn(-c2cccc(OC)c2[N+](=O)[O-])c1. The van der Waals surface area contributed by atoms with Gasteiger partial charge in [0.1, 0.15) is 5.69 Å². The van der Waals surface area contributed by atoms with Crippen LogP contribution in [0.5, 0.6) is 5.75 Å². The van der Waals surface area contributed by atoms with Crippen molar-refractivity contribution in [1.29, 1.82) is 0 Å². The number of benzene rings is 1. The number of nitro groups is 1. The predicted molar refractivity (Wildman–Crippen MR) is 72.7 cm³/mol. The van der Waals surface area contributed by atoms with Gasteiger partial charge < -0.3 is 9.47 Å². The standard InChI is InChI=1S/C13H13N3O5/c1-3-21-13(17)9-7-14-15(8-9)10-5-4-6-11(20-2)12(10)16(18)19/h4-8H,3H2,1-2H3. The summed E-state index contributed by atoms with van der Waals surface area (Å²) in [4.78, 5) is 22.3. The van der Waals surface area contributed by atoms with Crippen molar-refractivity contribution in [3.05, 3.63) is 46.3 Å². The van der Waals surface area contributed by atoms with E-state index in [4.69, 9.17) is 9.47 Å². The summed E-state index contributed by atoms with van der Waals surface area (Å²) in [5.41, 5.74) is 0.197. The maximum absolute atomic E-state index is 11.6. The second kappa shape index (κ2) is 6.04. The largest absolute Gasteiger partial charge is 0.490 e. The molecule has 21 heavy (non-hydrogen) atoms. The Kier molecular flexibility index (Phi) is 4.17. The zero-order chi connectivity index (χ0) is 15.4. The summed E-state index contributed by atoms with van der Waals surface area (Å²) in [6, 6.07) is 4.60. The van der Waals surface area contributed by atoms with Gasteiger partial charge in [0.25, 0.3) is 0 Å². The second-order valence-electron chi connectivity index (χ2n) is 3.98. The molecule has 0 saturated carbocycles. The number of ether oxygens (including phenoxy) is 2. The molecule has 2 rings (SSSR count). The second-order valence-corrected chi connectivity index (χ2v) is 3.98. The lowest BCUT2D eigenvalue weighted by Gasteiger charge is -2.06. The normalized spacial score (nSPS) is 10.2. The fraction of sp³-hybridized carbons (Fsp3) is 0.231. The summed E-state index contributed by atoms with van der Waals surface area (Å²) < 4.78 is 11.1. The van der Waals surface area contributed by atoms with Gasteiger partial charge in [-0.15, -0.1) is 0 Å². The van der Waals surface area contributed by atoms with Gasteiger partial charge in [0.05, 0.1) is 30.4 Å². The van der Waals surface area contributed by atoms with Gasteiger partial charge in [-0.1, -0.05) is 6.07 Å². The lowest BCUT2D eigenvalue weighted by atomic mass is 10.2. The first-order valence-electron chi connectivity index (χ1n) is 6.12. The number of hydrogen-bond acceptors (Lipinski definition) is 6. The molecule has 0 aliphatic carbocycles.